The first-order valence-electron chi connectivity index (χ1n) is 11.4. The summed E-state index contributed by atoms with van der Waals surface area (Å²) in [6, 6.07) is 9.59. The molecule has 9 nitrogen and oxygen atoms in total. The number of nitrogens with one attached hydrogen (secondary N) is 2. The molecule has 5 atom stereocenters. The van der Waals surface area contributed by atoms with Crippen LogP contribution in [0.4, 0.5) is 5.69 Å². The summed E-state index contributed by atoms with van der Waals surface area (Å²) in [6.07, 6.45) is -0.577. The summed E-state index contributed by atoms with van der Waals surface area (Å²) in [7, 11) is 3.08. The number of nitrogens with zero attached hydrogens (tertiary/aromatic N) is 1. The number of ether oxygens (including phenoxy) is 2. The predicted octanol–water partition coefficient (Wildman–Crippen LogP) is 1.70. The van der Waals surface area contributed by atoms with Gasteiger partial charge in [0.1, 0.15) is 5.54 Å². The molecule has 0 aliphatic carbocycles. The summed E-state index contributed by atoms with van der Waals surface area (Å²) in [5.41, 5.74) is 0.408. The zero-order valence-electron chi connectivity index (χ0n) is 19.5. The lowest BCUT2D eigenvalue weighted by molar-refractivity contribution is -0.143. The van der Waals surface area contributed by atoms with Crippen molar-refractivity contribution < 1.29 is 29.0 Å². The number of hydrogen-bond donors (Lipinski definition) is 3. The summed E-state index contributed by atoms with van der Waals surface area (Å²) in [6.45, 7) is 1.68. The van der Waals surface area contributed by atoms with Crippen molar-refractivity contribution in [1.29, 1.82) is 0 Å². The van der Waals surface area contributed by atoms with Crippen LogP contribution in [0.15, 0.2) is 36.4 Å². The fourth-order valence-corrected chi connectivity index (χ4v) is 5.85. The van der Waals surface area contributed by atoms with Crippen LogP contribution in [-0.2, 0) is 26.3 Å². The summed E-state index contributed by atoms with van der Waals surface area (Å²) < 4.78 is 10.6. The van der Waals surface area contributed by atoms with Crippen LogP contribution in [0.5, 0.6) is 11.5 Å². The zero-order valence-corrected chi connectivity index (χ0v) is 20.3. The zero-order chi connectivity index (χ0) is 25.1. The number of halogens is 1. The van der Waals surface area contributed by atoms with E-state index in [1.807, 2.05) is 6.07 Å². The number of benzene rings is 2. The molecule has 5 rings (SSSR count). The first-order valence-corrected chi connectivity index (χ1v) is 11.7. The van der Waals surface area contributed by atoms with Crippen LogP contribution in [-0.4, -0.2) is 60.6 Å². The van der Waals surface area contributed by atoms with Crippen molar-refractivity contribution in [2.45, 2.75) is 31.0 Å². The number of imide groups is 1. The third-order valence-electron chi connectivity index (χ3n) is 7.29. The molecule has 35 heavy (non-hydrogen) atoms. The number of methoxy groups -OCH3 is 2. The van der Waals surface area contributed by atoms with E-state index in [2.05, 4.69) is 10.6 Å². The van der Waals surface area contributed by atoms with Gasteiger partial charge in [0, 0.05) is 28.9 Å². The maximum atomic E-state index is 13.7. The Kier molecular flexibility index (Phi) is 5.74. The number of rotatable bonds is 6. The van der Waals surface area contributed by atoms with Gasteiger partial charge in [0.2, 0.25) is 17.7 Å². The molecule has 3 heterocycles. The lowest BCUT2D eigenvalue weighted by Gasteiger charge is -2.30. The maximum Gasteiger partial charge on any atom is 0.250 e. The van der Waals surface area contributed by atoms with Crippen LogP contribution < -0.4 is 20.1 Å². The number of hydrogen-bond acceptors (Lipinski definition) is 7. The molecule has 2 aromatic carbocycles. The highest BCUT2D eigenvalue weighted by molar-refractivity contribution is 6.31. The van der Waals surface area contributed by atoms with Crippen molar-refractivity contribution in [2.24, 2.45) is 11.8 Å². The van der Waals surface area contributed by atoms with E-state index in [-0.39, 0.29) is 6.54 Å². The molecule has 3 N–H and O–H groups in total. The summed E-state index contributed by atoms with van der Waals surface area (Å²) >= 11 is 6.23. The second-order valence-electron chi connectivity index (χ2n) is 9.13. The van der Waals surface area contributed by atoms with Crippen molar-refractivity contribution in [2.75, 3.05) is 26.1 Å². The number of anilines is 1. The molecule has 2 aromatic rings. The van der Waals surface area contributed by atoms with Gasteiger partial charge in [-0.1, -0.05) is 17.7 Å². The molecule has 1 spiro atoms. The molecule has 0 bridgehead atoms. The first-order chi connectivity index (χ1) is 16.7. The number of likely N-dealkylation sites (tertiary alicyclic amines) is 1. The van der Waals surface area contributed by atoms with Gasteiger partial charge in [-0.25, -0.2) is 0 Å². The molecule has 184 valence electrons. The van der Waals surface area contributed by atoms with Gasteiger partial charge in [0.15, 0.2) is 11.5 Å². The number of carbonyl (C=O) groups is 3. The largest absolute Gasteiger partial charge is 0.493 e. The Morgan fingerprint density at radius 1 is 1.09 bits per heavy atom. The molecule has 2 fully saturated rings. The van der Waals surface area contributed by atoms with E-state index in [1.165, 1.54) is 12.0 Å². The number of carbonyl (C=O) groups excluding carboxylic acids is 3. The molecular formula is C25H26ClN3O6. The van der Waals surface area contributed by atoms with Gasteiger partial charge in [-0.15, -0.1) is 0 Å². The SMILES string of the molecule is COc1ccc(CCN2C(=O)C3C(C(C)O)NC4(C(=O)Nc5ccc(Cl)cc54)C3C2=O)cc1OC. The van der Waals surface area contributed by atoms with Gasteiger partial charge < -0.3 is 19.9 Å². The van der Waals surface area contributed by atoms with E-state index in [9.17, 15) is 19.5 Å². The fourth-order valence-electron chi connectivity index (χ4n) is 5.68. The minimum absolute atomic E-state index is 0.132. The topological polar surface area (TPSA) is 117 Å². The standard InChI is InChI=1S/C25H26ClN3O6/c1-12(30)21-19-20(25(28-21)15-11-14(26)5-6-16(15)27-24(25)33)23(32)29(22(19)31)9-8-13-4-7-17(34-2)18(10-13)35-3/h4-7,10-12,19-21,28,30H,8-9H2,1-3H3,(H,27,33). The predicted molar refractivity (Wildman–Crippen MR) is 127 cm³/mol. The average Bonchev–Trinajstić information content (AvgIpc) is 3.43. The van der Waals surface area contributed by atoms with Crippen LogP contribution in [0, 0.1) is 11.8 Å². The molecule has 0 saturated carbocycles. The molecule has 10 heteroatoms. The maximum absolute atomic E-state index is 13.7. The number of aliphatic hydroxyl groups excluding tert-OH is 1. The summed E-state index contributed by atoms with van der Waals surface area (Å²) in [5.74, 6) is -2.04. The highest BCUT2D eigenvalue weighted by atomic mass is 35.5. The van der Waals surface area contributed by atoms with E-state index in [1.54, 1.807) is 44.4 Å². The quantitative estimate of drug-likeness (QED) is 0.518. The Balaban J connectivity index is 1.49. The third kappa shape index (κ3) is 3.41. The van der Waals surface area contributed by atoms with Gasteiger partial charge in [-0.3, -0.25) is 24.6 Å². The van der Waals surface area contributed by atoms with Crippen molar-refractivity contribution in [3.8, 4) is 11.5 Å². The Bertz CT molecular complexity index is 1230. The molecule has 3 aliphatic rings. The molecular weight excluding hydrogens is 474 g/mol. The van der Waals surface area contributed by atoms with Gasteiger partial charge in [-0.2, -0.15) is 0 Å². The van der Waals surface area contributed by atoms with Gasteiger partial charge in [0.05, 0.1) is 32.2 Å². The van der Waals surface area contributed by atoms with Crippen molar-refractivity contribution in [3.05, 3.63) is 52.5 Å². The summed E-state index contributed by atoms with van der Waals surface area (Å²) in [5, 5.41) is 16.9. The van der Waals surface area contributed by atoms with Crippen LogP contribution in [0.25, 0.3) is 0 Å². The van der Waals surface area contributed by atoms with Crippen LogP contribution >= 0.6 is 11.6 Å². The van der Waals surface area contributed by atoms with E-state index < -0.39 is 47.2 Å². The second kappa shape index (κ2) is 8.51. The van der Waals surface area contributed by atoms with Gasteiger partial charge >= 0.3 is 0 Å². The minimum Gasteiger partial charge on any atom is -0.493 e. The molecule has 0 radical (unpaired) electrons. The molecule has 5 unspecified atom stereocenters. The second-order valence-corrected chi connectivity index (χ2v) is 9.57. The average molecular weight is 500 g/mol. The van der Waals surface area contributed by atoms with Crippen molar-refractivity contribution in [1.82, 2.24) is 10.2 Å². The molecule has 3 aliphatic heterocycles. The van der Waals surface area contributed by atoms with Crippen LogP contribution in [0.1, 0.15) is 18.1 Å². The van der Waals surface area contributed by atoms with Crippen LogP contribution in [0.3, 0.4) is 0 Å². The minimum atomic E-state index is -1.49. The molecule has 2 saturated heterocycles. The Hall–Kier alpha value is -3.14. The smallest absolute Gasteiger partial charge is 0.250 e. The van der Waals surface area contributed by atoms with E-state index >= 15 is 0 Å². The number of amides is 3. The Morgan fingerprint density at radius 3 is 2.51 bits per heavy atom. The van der Waals surface area contributed by atoms with Crippen molar-refractivity contribution in [3.63, 3.8) is 0 Å². The lowest BCUT2D eigenvalue weighted by Crippen LogP contribution is -2.55. The normalized spacial score (nSPS) is 27.7. The Morgan fingerprint density at radius 2 is 1.83 bits per heavy atom. The van der Waals surface area contributed by atoms with Gasteiger partial charge in [-0.05, 0) is 49.2 Å². The van der Waals surface area contributed by atoms with Crippen LogP contribution in [0.2, 0.25) is 5.02 Å². The third-order valence-corrected chi connectivity index (χ3v) is 7.53. The lowest BCUT2D eigenvalue weighted by atomic mass is 9.76. The summed E-state index contributed by atoms with van der Waals surface area (Å²) in [4.78, 5) is 41.8. The number of aliphatic hydroxyl groups is 1. The molecule has 3 amide bonds. The van der Waals surface area contributed by atoms with Crippen molar-refractivity contribution >= 4 is 35.0 Å². The Labute approximate surface area is 207 Å². The van der Waals surface area contributed by atoms with Gasteiger partial charge in [0.25, 0.3) is 0 Å². The molecule has 0 aromatic heterocycles. The highest BCUT2D eigenvalue weighted by Gasteiger charge is 2.71. The fraction of sp³-hybridized carbons (Fsp3) is 0.400. The first kappa shape index (κ1) is 23.6. The van der Waals surface area contributed by atoms with E-state index in [0.717, 1.165) is 5.56 Å². The van der Waals surface area contributed by atoms with E-state index in [4.69, 9.17) is 21.1 Å². The monoisotopic (exact) mass is 499 g/mol. The highest BCUT2D eigenvalue weighted by Crippen LogP contribution is 2.53. The van der Waals surface area contributed by atoms with E-state index in [0.29, 0.717) is 34.2 Å². The number of fused-ring (bicyclic) bond motifs is 4.